The molecule has 1 aliphatic rings. The van der Waals surface area contributed by atoms with Crippen LogP contribution in [0.4, 0.5) is 0 Å². The average molecular weight is 278 g/mol. The van der Waals surface area contributed by atoms with Crippen LogP contribution in [0, 0.1) is 25.7 Å². The molecule has 110 valence electrons. The van der Waals surface area contributed by atoms with Gasteiger partial charge in [0, 0.05) is 31.0 Å². The summed E-state index contributed by atoms with van der Waals surface area (Å²) in [6.07, 6.45) is 0. The van der Waals surface area contributed by atoms with Gasteiger partial charge in [0.15, 0.2) is 0 Å². The lowest BCUT2D eigenvalue weighted by Gasteiger charge is -2.16. The first kappa shape index (κ1) is 14.6. The van der Waals surface area contributed by atoms with E-state index in [4.69, 9.17) is 5.11 Å². The van der Waals surface area contributed by atoms with Crippen LogP contribution < -0.4 is 0 Å². The van der Waals surface area contributed by atoms with Gasteiger partial charge in [0.1, 0.15) is 0 Å². The van der Waals surface area contributed by atoms with Gasteiger partial charge in [-0.1, -0.05) is 6.92 Å². The Bertz CT molecular complexity index is 548. The number of carboxylic acids is 1. The second-order valence-corrected chi connectivity index (χ2v) is 5.66. The van der Waals surface area contributed by atoms with Crippen molar-refractivity contribution in [3.63, 3.8) is 0 Å². The zero-order valence-corrected chi connectivity index (χ0v) is 12.5. The fourth-order valence-corrected chi connectivity index (χ4v) is 3.13. The third-order valence-corrected chi connectivity index (χ3v) is 4.34. The molecule has 1 saturated heterocycles. The molecule has 2 heterocycles. The van der Waals surface area contributed by atoms with Crippen molar-refractivity contribution in [2.24, 2.45) is 11.8 Å². The summed E-state index contributed by atoms with van der Waals surface area (Å²) in [5, 5.41) is 9.15. The predicted octanol–water partition coefficient (Wildman–Crippen LogP) is 1.92. The fraction of sp³-hybridized carbons (Fsp3) is 0.600. The predicted molar refractivity (Wildman–Crippen MR) is 75.8 cm³/mol. The molecular formula is C15H22N2O3. The van der Waals surface area contributed by atoms with Gasteiger partial charge in [-0.2, -0.15) is 0 Å². The summed E-state index contributed by atoms with van der Waals surface area (Å²) in [5.74, 6) is -1.31. The molecule has 0 bridgehead atoms. The largest absolute Gasteiger partial charge is 0.481 e. The van der Waals surface area contributed by atoms with Gasteiger partial charge in [-0.25, -0.2) is 0 Å². The maximum absolute atomic E-state index is 12.6. The summed E-state index contributed by atoms with van der Waals surface area (Å²) in [5.41, 5.74) is 2.72. The van der Waals surface area contributed by atoms with E-state index in [0.717, 1.165) is 17.9 Å². The van der Waals surface area contributed by atoms with Crippen molar-refractivity contribution >= 4 is 11.9 Å². The highest BCUT2D eigenvalue weighted by Gasteiger charge is 2.37. The number of hydrogen-bond acceptors (Lipinski definition) is 2. The molecule has 1 amide bonds. The topological polar surface area (TPSA) is 62.5 Å². The molecule has 0 saturated carbocycles. The molecule has 0 aliphatic carbocycles. The van der Waals surface area contributed by atoms with Gasteiger partial charge in [0.2, 0.25) is 0 Å². The van der Waals surface area contributed by atoms with Crippen molar-refractivity contribution in [3.8, 4) is 0 Å². The maximum atomic E-state index is 12.6. The number of carboxylic acid groups (broad SMARTS) is 1. The van der Waals surface area contributed by atoms with Crippen molar-refractivity contribution in [2.45, 2.75) is 34.2 Å². The minimum atomic E-state index is -0.813. The number of rotatable bonds is 3. The summed E-state index contributed by atoms with van der Waals surface area (Å²) < 4.78 is 2.10. The molecule has 1 aliphatic heterocycles. The molecule has 0 spiro atoms. The lowest BCUT2D eigenvalue weighted by molar-refractivity contribution is -0.142. The Morgan fingerprint density at radius 3 is 2.45 bits per heavy atom. The van der Waals surface area contributed by atoms with Gasteiger partial charge in [0.25, 0.3) is 5.91 Å². The van der Waals surface area contributed by atoms with Crippen molar-refractivity contribution < 1.29 is 14.7 Å². The van der Waals surface area contributed by atoms with E-state index in [-0.39, 0.29) is 11.8 Å². The van der Waals surface area contributed by atoms with E-state index in [1.165, 1.54) is 0 Å². The summed E-state index contributed by atoms with van der Waals surface area (Å²) in [7, 11) is 0. The summed E-state index contributed by atoms with van der Waals surface area (Å²) >= 11 is 0. The van der Waals surface area contributed by atoms with Gasteiger partial charge in [0.05, 0.1) is 11.5 Å². The number of likely N-dealkylation sites (tertiary alicyclic amines) is 1. The second kappa shape index (κ2) is 5.31. The number of aryl methyl sites for hydroxylation is 1. The molecule has 20 heavy (non-hydrogen) atoms. The molecule has 0 unspecified atom stereocenters. The van der Waals surface area contributed by atoms with Crippen LogP contribution in [0.25, 0.3) is 0 Å². The Morgan fingerprint density at radius 1 is 1.35 bits per heavy atom. The Balaban J connectivity index is 2.23. The van der Waals surface area contributed by atoms with Crippen LogP contribution >= 0.6 is 0 Å². The van der Waals surface area contributed by atoms with Crippen LogP contribution in [-0.4, -0.2) is 39.5 Å². The maximum Gasteiger partial charge on any atom is 0.308 e. The highest BCUT2D eigenvalue weighted by atomic mass is 16.4. The average Bonchev–Trinajstić information content (AvgIpc) is 2.89. The van der Waals surface area contributed by atoms with Crippen LogP contribution in [0.1, 0.15) is 35.6 Å². The number of carbonyl (C=O) groups excluding carboxylic acids is 1. The van der Waals surface area contributed by atoms with Gasteiger partial charge in [-0.05, 0) is 32.8 Å². The van der Waals surface area contributed by atoms with E-state index in [1.54, 1.807) is 4.90 Å². The van der Waals surface area contributed by atoms with Gasteiger partial charge in [-0.3, -0.25) is 9.59 Å². The molecule has 1 aromatic heterocycles. The Kier molecular flexibility index (Phi) is 3.88. The third kappa shape index (κ3) is 2.32. The molecule has 5 nitrogen and oxygen atoms in total. The zero-order valence-electron chi connectivity index (χ0n) is 12.5. The molecule has 2 rings (SSSR count). The van der Waals surface area contributed by atoms with E-state index in [1.807, 2.05) is 33.8 Å². The van der Waals surface area contributed by atoms with Crippen LogP contribution in [0.3, 0.4) is 0 Å². The minimum Gasteiger partial charge on any atom is -0.481 e. The summed E-state index contributed by atoms with van der Waals surface area (Å²) in [6.45, 7) is 9.53. The first-order valence-corrected chi connectivity index (χ1v) is 7.05. The third-order valence-electron chi connectivity index (χ3n) is 4.34. The lowest BCUT2D eigenvalue weighted by atomic mass is 9.99. The fourth-order valence-electron chi connectivity index (χ4n) is 3.13. The van der Waals surface area contributed by atoms with Crippen molar-refractivity contribution in [3.05, 3.63) is 23.0 Å². The summed E-state index contributed by atoms with van der Waals surface area (Å²) in [4.78, 5) is 25.4. The number of aromatic nitrogens is 1. The van der Waals surface area contributed by atoms with Crippen LogP contribution in [-0.2, 0) is 11.3 Å². The molecule has 0 radical (unpaired) electrons. The normalized spacial score (nSPS) is 22.3. The Labute approximate surface area is 119 Å². The van der Waals surface area contributed by atoms with Crippen LogP contribution in [0.5, 0.6) is 0 Å². The first-order valence-electron chi connectivity index (χ1n) is 7.05. The number of amides is 1. The highest BCUT2D eigenvalue weighted by Crippen LogP contribution is 2.26. The number of hydrogen-bond donors (Lipinski definition) is 1. The highest BCUT2D eigenvalue weighted by molar-refractivity contribution is 5.96. The van der Waals surface area contributed by atoms with Crippen molar-refractivity contribution in [1.29, 1.82) is 0 Å². The monoisotopic (exact) mass is 278 g/mol. The standard InChI is InChI=1S/C15H22N2O3/c1-5-17-10(3)6-12(11(17)4)14(18)16-7-9(2)13(8-16)15(19)20/h6,9,13H,5,7-8H2,1-4H3,(H,19,20)/t9-,13-/m1/s1. The van der Waals surface area contributed by atoms with Crippen molar-refractivity contribution in [1.82, 2.24) is 9.47 Å². The quantitative estimate of drug-likeness (QED) is 0.918. The second-order valence-electron chi connectivity index (χ2n) is 5.66. The van der Waals surface area contributed by atoms with Crippen molar-refractivity contribution in [2.75, 3.05) is 13.1 Å². The van der Waals surface area contributed by atoms with Crippen LogP contribution in [0.2, 0.25) is 0 Å². The Morgan fingerprint density at radius 2 is 2.00 bits per heavy atom. The number of aliphatic carboxylic acids is 1. The van der Waals surface area contributed by atoms with E-state index < -0.39 is 11.9 Å². The van der Waals surface area contributed by atoms with Gasteiger partial charge in [-0.15, -0.1) is 0 Å². The smallest absolute Gasteiger partial charge is 0.308 e. The van der Waals surface area contributed by atoms with E-state index in [9.17, 15) is 9.59 Å². The lowest BCUT2D eigenvalue weighted by Crippen LogP contribution is -2.30. The molecular weight excluding hydrogens is 256 g/mol. The Hall–Kier alpha value is -1.78. The first-order chi connectivity index (χ1) is 9.36. The molecule has 0 aromatic carbocycles. The number of nitrogens with zero attached hydrogens (tertiary/aromatic N) is 2. The molecule has 1 N–H and O–H groups in total. The molecule has 1 aromatic rings. The number of carbonyl (C=O) groups is 2. The van der Waals surface area contributed by atoms with Gasteiger partial charge < -0.3 is 14.6 Å². The molecule has 1 fully saturated rings. The molecule has 5 heteroatoms. The minimum absolute atomic E-state index is 0.00566. The summed E-state index contributed by atoms with van der Waals surface area (Å²) in [6, 6.07) is 1.90. The van der Waals surface area contributed by atoms with Crippen LogP contribution in [0.15, 0.2) is 6.07 Å². The van der Waals surface area contributed by atoms with E-state index in [2.05, 4.69) is 4.57 Å². The van der Waals surface area contributed by atoms with E-state index in [0.29, 0.717) is 18.7 Å². The van der Waals surface area contributed by atoms with Gasteiger partial charge >= 0.3 is 5.97 Å². The SMILES string of the molecule is CCn1c(C)cc(C(=O)N2C[C@@H](C)[C@H](C(=O)O)C2)c1C. The molecule has 2 atom stereocenters. The van der Waals surface area contributed by atoms with E-state index >= 15 is 0 Å². The zero-order chi connectivity index (χ0) is 15.0.